The van der Waals surface area contributed by atoms with Crippen LogP contribution in [0.1, 0.15) is 42.5 Å². The van der Waals surface area contributed by atoms with Crippen LogP contribution in [-0.4, -0.2) is 59.3 Å². The van der Waals surface area contributed by atoms with Crippen LogP contribution in [0.2, 0.25) is 0 Å². The molecule has 0 spiro atoms. The normalized spacial score (nSPS) is 17.8. The molecule has 0 radical (unpaired) electrons. The summed E-state index contributed by atoms with van der Waals surface area (Å²) in [4.78, 5) is 44.8. The molecule has 1 atom stereocenters. The number of hydrogen-bond acceptors (Lipinski definition) is 5. The summed E-state index contributed by atoms with van der Waals surface area (Å²) in [6, 6.07) is 10.6. The highest BCUT2D eigenvalue weighted by molar-refractivity contribution is 9.09. The van der Waals surface area contributed by atoms with E-state index in [-0.39, 0.29) is 34.8 Å². The van der Waals surface area contributed by atoms with E-state index in [0.717, 1.165) is 29.9 Å². The van der Waals surface area contributed by atoms with Crippen molar-refractivity contribution in [3.8, 4) is 6.07 Å². The number of alkyl halides is 4. The van der Waals surface area contributed by atoms with E-state index in [1.807, 2.05) is 6.07 Å². The van der Waals surface area contributed by atoms with Gasteiger partial charge < -0.3 is 14.5 Å². The molecule has 2 aliphatic heterocycles. The van der Waals surface area contributed by atoms with Crippen molar-refractivity contribution in [3.05, 3.63) is 76.5 Å². The topological polar surface area (TPSA) is 93.9 Å². The smallest absolute Gasteiger partial charge is 0.416 e. The maximum absolute atomic E-state index is 14.2. The molecule has 3 amide bonds. The van der Waals surface area contributed by atoms with Gasteiger partial charge in [0.2, 0.25) is 5.91 Å². The van der Waals surface area contributed by atoms with Gasteiger partial charge in [0.05, 0.1) is 46.8 Å². The summed E-state index contributed by atoms with van der Waals surface area (Å²) in [6.45, 7) is 2.23. The average molecular weight is 619 g/mol. The third-order valence-corrected chi connectivity index (χ3v) is 7.31. The predicted molar refractivity (Wildman–Crippen MR) is 143 cm³/mol. The van der Waals surface area contributed by atoms with Gasteiger partial charge >= 0.3 is 18.2 Å². The summed E-state index contributed by atoms with van der Waals surface area (Å²) in [7, 11) is 0. The van der Waals surface area contributed by atoms with Crippen molar-refractivity contribution in [2.75, 3.05) is 36.5 Å². The van der Waals surface area contributed by atoms with E-state index < -0.39 is 36.3 Å². The largest absolute Gasteiger partial charge is 0.463 e. The molecule has 210 valence electrons. The third kappa shape index (κ3) is 5.84. The number of halogens is 4. The van der Waals surface area contributed by atoms with Crippen LogP contribution in [0.25, 0.3) is 0 Å². The number of allylic oxidation sites excluding steroid dienone is 1. The second kappa shape index (κ2) is 12.1. The van der Waals surface area contributed by atoms with Crippen molar-refractivity contribution in [3.63, 3.8) is 0 Å². The van der Waals surface area contributed by atoms with Crippen LogP contribution < -0.4 is 4.90 Å². The molecule has 2 aromatic rings. The highest BCUT2D eigenvalue weighted by atomic mass is 79.9. The molecular weight excluding hydrogens is 593 g/mol. The first-order valence-corrected chi connectivity index (χ1v) is 13.7. The Bertz CT molecular complexity index is 1360. The quantitative estimate of drug-likeness (QED) is 0.306. The molecule has 40 heavy (non-hydrogen) atoms. The van der Waals surface area contributed by atoms with Crippen molar-refractivity contribution >= 4 is 39.5 Å². The van der Waals surface area contributed by atoms with Crippen molar-refractivity contribution in [1.29, 1.82) is 5.26 Å². The van der Waals surface area contributed by atoms with Gasteiger partial charge in [0.1, 0.15) is 6.54 Å². The van der Waals surface area contributed by atoms with E-state index in [2.05, 4.69) is 15.9 Å². The van der Waals surface area contributed by atoms with Gasteiger partial charge in [-0.1, -0.05) is 34.1 Å². The van der Waals surface area contributed by atoms with Gasteiger partial charge in [-0.3, -0.25) is 9.69 Å². The van der Waals surface area contributed by atoms with E-state index >= 15 is 0 Å². The van der Waals surface area contributed by atoms with Gasteiger partial charge in [0, 0.05) is 18.4 Å². The number of nitriles is 1. The molecule has 1 fully saturated rings. The minimum Gasteiger partial charge on any atom is -0.463 e. The summed E-state index contributed by atoms with van der Waals surface area (Å²) >= 11 is 3.32. The molecule has 0 bridgehead atoms. The first kappa shape index (κ1) is 29.1. The zero-order valence-electron chi connectivity index (χ0n) is 21.6. The Kier molecular flexibility index (Phi) is 8.83. The molecule has 2 heterocycles. The van der Waals surface area contributed by atoms with E-state index in [1.54, 1.807) is 24.0 Å². The Labute approximate surface area is 237 Å². The van der Waals surface area contributed by atoms with E-state index in [4.69, 9.17) is 4.74 Å². The lowest BCUT2D eigenvalue weighted by atomic mass is 9.92. The molecule has 0 aliphatic carbocycles. The van der Waals surface area contributed by atoms with Crippen LogP contribution in [0.15, 0.2) is 59.8 Å². The van der Waals surface area contributed by atoms with Crippen LogP contribution >= 0.6 is 15.9 Å². The lowest BCUT2D eigenvalue weighted by Gasteiger charge is -2.43. The fraction of sp³-hybridized carbons (Fsp3) is 0.357. The minimum absolute atomic E-state index is 0.00219. The average Bonchev–Trinajstić information content (AvgIpc) is 3.49. The maximum atomic E-state index is 14.2. The van der Waals surface area contributed by atoms with E-state index in [0.29, 0.717) is 24.2 Å². The molecule has 2 aromatic carbocycles. The summed E-state index contributed by atoms with van der Waals surface area (Å²) in [5.74, 6) is -1.13. The summed E-state index contributed by atoms with van der Waals surface area (Å²) < 4.78 is 46.2. The first-order valence-electron chi connectivity index (χ1n) is 12.6. The monoisotopic (exact) mass is 618 g/mol. The van der Waals surface area contributed by atoms with Crippen molar-refractivity contribution in [2.24, 2.45) is 0 Å². The Morgan fingerprint density at radius 1 is 1.12 bits per heavy atom. The van der Waals surface area contributed by atoms with Gasteiger partial charge in [-0.25, -0.2) is 9.59 Å². The fourth-order valence-electron chi connectivity index (χ4n) is 4.90. The Morgan fingerprint density at radius 2 is 1.80 bits per heavy atom. The summed E-state index contributed by atoms with van der Waals surface area (Å²) in [6.07, 6.45) is -3.04. The SMILES string of the molecule is CCOC(=O)C1=C(CBr)N(c2cccc(C(F)(F)F)c2)C(=O)N(CC(=O)N2CCCC2)[C@@H]1c1ccc(C#N)cc1. The second-order valence-corrected chi connectivity index (χ2v) is 9.79. The molecule has 1 saturated heterocycles. The number of rotatable bonds is 7. The van der Waals surface area contributed by atoms with Crippen LogP contribution in [0, 0.1) is 11.3 Å². The van der Waals surface area contributed by atoms with Gasteiger partial charge in [-0.05, 0) is 55.7 Å². The minimum atomic E-state index is -4.67. The van der Waals surface area contributed by atoms with E-state index in [1.165, 1.54) is 29.2 Å². The summed E-state index contributed by atoms with van der Waals surface area (Å²) in [5, 5.41) is 9.18. The molecule has 0 saturated carbocycles. The van der Waals surface area contributed by atoms with Crippen LogP contribution in [-0.2, 0) is 20.5 Å². The molecular formula is C28H26BrF3N4O4. The van der Waals surface area contributed by atoms with Crippen LogP contribution in [0.4, 0.5) is 23.7 Å². The van der Waals surface area contributed by atoms with Gasteiger partial charge in [-0.15, -0.1) is 0 Å². The number of esters is 1. The van der Waals surface area contributed by atoms with Crippen molar-refractivity contribution < 1.29 is 32.3 Å². The first-order chi connectivity index (χ1) is 19.1. The number of ether oxygens (including phenoxy) is 1. The molecule has 12 heteroatoms. The van der Waals surface area contributed by atoms with Gasteiger partial charge in [-0.2, -0.15) is 18.4 Å². The summed E-state index contributed by atoms with van der Waals surface area (Å²) in [5.41, 5.74) is -0.228. The molecule has 4 rings (SSSR count). The number of amides is 3. The number of benzene rings is 2. The molecule has 0 unspecified atom stereocenters. The van der Waals surface area contributed by atoms with E-state index in [9.17, 15) is 32.8 Å². The maximum Gasteiger partial charge on any atom is 0.416 e. The Morgan fingerprint density at radius 3 is 2.38 bits per heavy atom. The van der Waals surface area contributed by atoms with Gasteiger partial charge in [0.25, 0.3) is 0 Å². The number of carbonyl (C=O) groups excluding carboxylic acids is 3. The van der Waals surface area contributed by atoms with Crippen LogP contribution in [0.3, 0.4) is 0 Å². The number of anilines is 1. The van der Waals surface area contributed by atoms with Gasteiger partial charge in [0.15, 0.2) is 0 Å². The number of hydrogen-bond donors (Lipinski definition) is 0. The zero-order valence-corrected chi connectivity index (χ0v) is 23.2. The lowest BCUT2D eigenvalue weighted by molar-refractivity contribution is -0.140. The Hall–Kier alpha value is -3.85. The highest BCUT2D eigenvalue weighted by Crippen LogP contribution is 2.42. The second-order valence-electron chi connectivity index (χ2n) is 9.23. The zero-order chi connectivity index (χ0) is 29.0. The van der Waals surface area contributed by atoms with Crippen molar-refractivity contribution in [1.82, 2.24) is 9.80 Å². The standard InChI is InChI=1S/C28H26BrF3N4O4/c1-2-40-26(38)24-22(15-29)36(21-7-5-6-20(14-21)28(30,31)32)27(39)35(17-23(37)34-12-3-4-13-34)25(24)19-10-8-18(16-33)9-11-19/h5-11,14,25H,2-4,12-13,15,17H2,1H3/t25-/m1/s1. The van der Waals surface area contributed by atoms with Crippen molar-refractivity contribution in [2.45, 2.75) is 32.0 Å². The number of carbonyl (C=O) groups is 3. The lowest BCUT2D eigenvalue weighted by Crippen LogP contribution is -2.54. The number of urea groups is 1. The fourth-order valence-corrected chi connectivity index (χ4v) is 5.46. The highest BCUT2D eigenvalue weighted by Gasteiger charge is 2.45. The molecule has 0 aromatic heterocycles. The number of likely N-dealkylation sites (tertiary alicyclic amines) is 1. The third-order valence-electron chi connectivity index (χ3n) is 6.78. The number of nitrogens with zero attached hydrogens (tertiary/aromatic N) is 4. The molecule has 0 N–H and O–H groups in total. The Balaban J connectivity index is 1.94. The molecule has 8 nitrogen and oxygen atoms in total. The molecule has 2 aliphatic rings. The van der Waals surface area contributed by atoms with Crippen LogP contribution in [0.5, 0.6) is 0 Å². The predicted octanol–water partition coefficient (Wildman–Crippen LogP) is 5.39.